The Bertz CT molecular complexity index is 586. The number of pyridine rings is 1. The minimum Gasteiger partial charge on any atom is -0.439 e. The van der Waals surface area contributed by atoms with Crippen molar-refractivity contribution in [2.45, 2.75) is 34.3 Å². The molecule has 1 N–H and O–H groups in total. The molecule has 2 aromatic rings. The highest BCUT2D eigenvalue weighted by atomic mass is 16.5. The van der Waals surface area contributed by atoms with Gasteiger partial charge in [-0.15, -0.1) is 0 Å². The molecule has 1 heterocycles. The number of aromatic nitrogens is 1. The van der Waals surface area contributed by atoms with Crippen molar-refractivity contribution >= 4 is 0 Å². The Morgan fingerprint density at radius 2 is 1.63 bits per heavy atom. The van der Waals surface area contributed by atoms with Gasteiger partial charge >= 0.3 is 0 Å². The van der Waals surface area contributed by atoms with Crippen LogP contribution in [0, 0.1) is 27.7 Å². The lowest BCUT2D eigenvalue weighted by molar-refractivity contribution is 0.274. The van der Waals surface area contributed by atoms with Crippen LogP contribution in [0.2, 0.25) is 0 Å². The van der Waals surface area contributed by atoms with Gasteiger partial charge in [-0.25, -0.2) is 4.98 Å². The average molecular weight is 257 g/mol. The van der Waals surface area contributed by atoms with Gasteiger partial charge < -0.3 is 9.84 Å². The molecule has 0 radical (unpaired) electrons. The monoisotopic (exact) mass is 257 g/mol. The van der Waals surface area contributed by atoms with E-state index in [1.165, 1.54) is 0 Å². The van der Waals surface area contributed by atoms with E-state index in [2.05, 4.69) is 11.1 Å². The first-order valence-electron chi connectivity index (χ1n) is 6.33. The molecular weight excluding hydrogens is 238 g/mol. The van der Waals surface area contributed by atoms with Gasteiger partial charge in [-0.2, -0.15) is 0 Å². The summed E-state index contributed by atoms with van der Waals surface area (Å²) >= 11 is 0. The predicted octanol–water partition coefficient (Wildman–Crippen LogP) is 3.60. The second kappa shape index (κ2) is 5.41. The van der Waals surface area contributed by atoms with E-state index in [-0.39, 0.29) is 6.61 Å². The van der Waals surface area contributed by atoms with Crippen LogP contribution in [0.25, 0.3) is 0 Å². The van der Waals surface area contributed by atoms with Gasteiger partial charge in [0.2, 0.25) is 5.88 Å². The standard InChI is InChI=1S/C16H19NO2/c1-10-5-11(2)7-14(6-10)19-16-15(9-18)12(3)8-13(4)17-16/h5-8,18H,9H2,1-4H3. The Morgan fingerprint density at radius 3 is 2.21 bits per heavy atom. The number of hydrogen-bond acceptors (Lipinski definition) is 3. The summed E-state index contributed by atoms with van der Waals surface area (Å²) in [6, 6.07) is 7.97. The van der Waals surface area contributed by atoms with Gasteiger partial charge in [0.25, 0.3) is 0 Å². The van der Waals surface area contributed by atoms with Crippen molar-refractivity contribution in [2.24, 2.45) is 0 Å². The lowest BCUT2D eigenvalue weighted by atomic mass is 10.1. The predicted molar refractivity (Wildman–Crippen MR) is 75.6 cm³/mol. The van der Waals surface area contributed by atoms with Crippen LogP contribution >= 0.6 is 0 Å². The van der Waals surface area contributed by atoms with Crippen molar-refractivity contribution in [3.63, 3.8) is 0 Å². The fourth-order valence-corrected chi connectivity index (χ4v) is 2.21. The van der Waals surface area contributed by atoms with Crippen LogP contribution in [0.15, 0.2) is 24.3 Å². The molecule has 3 nitrogen and oxygen atoms in total. The lowest BCUT2D eigenvalue weighted by Crippen LogP contribution is -2.00. The Hall–Kier alpha value is -1.87. The number of aryl methyl sites for hydroxylation is 4. The van der Waals surface area contributed by atoms with Gasteiger partial charge in [0.1, 0.15) is 5.75 Å². The summed E-state index contributed by atoms with van der Waals surface area (Å²) in [6.07, 6.45) is 0. The summed E-state index contributed by atoms with van der Waals surface area (Å²) in [7, 11) is 0. The highest BCUT2D eigenvalue weighted by Gasteiger charge is 2.10. The molecule has 0 fully saturated rings. The van der Waals surface area contributed by atoms with Crippen molar-refractivity contribution in [2.75, 3.05) is 0 Å². The summed E-state index contributed by atoms with van der Waals surface area (Å²) in [5, 5.41) is 9.46. The third-order valence-electron chi connectivity index (χ3n) is 3.01. The van der Waals surface area contributed by atoms with E-state index >= 15 is 0 Å². The first-order chi connectivity index (χ1) is 8.99. The number of aliphatic hydroxyl groups is 1. The summed E-state index contributed by atoms with van der Waals surface area (Å²) in [4.78, 5) is 4.38. The molecule has 0 amide bonds. The van der Waals surface area contributed by atoms with Crippen LogP contribution in [0.3, 0.4) is 0 Å². The van der Waals surface area contributed by atoms with Crippen LogP contribution in [0.1, 0.15) is 27.9 Å². The molecule has 0 spiro atoms. The average Bonchev–Trinajstić information content (AvgIpc) is 2.26. The number of nitrogens with zero attached hydrogens (tertiary/aromatic N) is 1. The van der Waals surface area contributed by atoms with Crippen molar-refractivity contribution in [3.8, 4) is 11.6 Å². The molecule has 0 aliphatic rings. The summed E-state index contributed by atoms with van der Waals surface area (Å²) < 4.78 is 5.85. The van der Waals surface area contributed by atoms with E-state index in [0.29, 0.717) is 5.88 Å². The second-order valence-corrected chi connectivity index (χ2v) is 4.95. The highest BCUT2D eigenvalue weighted by Crippen LogP contribution is 2.27. The molecule has 1 aromatic carbocycles. The Labute approximate surface area is 113 Å². The van der Waals surface area contributed by atoms with Crippen LogP contribution in [0.4, 0.5) is 0 Å². The Morgan fingerprint density at radius 1 is 1.00 bits per heavy atom. The maximum atomic E-state index is 9.46. The zero-order chi connectivity index (χ0) is 14.0. The molecule has 3 heteroatoms. The quantitative estimate of drug-likeness (QED) is 0.913. The van der Waals surface area contributed by atoms with E-state index in [1.54, 1.807) is 0 Å². The maximum Gasteiger partial charge on any atom is 0.225 e. The van der Waals surface area contributed by atoms with Crippen LogP contribution in [-0.4, -0.2) is 10.1 Å². The van der Waals surface area contributed by atoms with Gasteiger partial charge in [-0.3, -0.25) is 0 Å². The second-order valence-electron chi connectivity index (χ2n) is 4.95. The Balaban J connectivity index is 2.42. The lowest BCUT2D eigenvalue weighted by Gasteiger charge is -2.13. The van der Waals surface area contributed by atoms with E-state index in [0.717, 1.165) is 33.7 Å². The number of rotatable bonds is 3. The largest absolute Gasteiger partial charge is 0.439 e. The molecule has 0 aliphatic carbocycles. The molecule has 0 unspecified atom stereocenters. The molecule has 0 saturated heterocycles. The number of aliphatic hydroxyl groups excluding tert-OH is 1. The maximum absolute atomic E-state index is 9.46. The minimum absolute atomic E-state index is 0.0702. The highest BCUT2D eigenvalue weighted by molar-refractivity contribution is 5.40. The third-order valence-corrected chi connectivity index (χ3v) is 3.01. The number of ether oxygens (including phenoxy) is 1. The SMILES string of the molecule is Cc1cc(C)cc(Oc2nc(C)cc(C)c2CO)c1. The molecule has 100 valence electrons. The zero-order valence-corrected chi connectivity index (χ0v) is 11.8. The summed E-state index contributed by atoms with van der Waals surface area (Å²) in [5.41, 5.74) is 4.91. The third kappa shape index (κ3) is 3.12. The van der Waals surface area contributed by atoms with Crippen LogP contribution < -0.4 is 4.74 Å². The molecular formula is C16H19NO2. The molecule has 0 bridgehead atoms. The molecule has 0 aliphatic heterocycles. The van der Waals surface area contributed by atoms with Gasteiger partial charge in [0.15, 0.2) is 0 Å². The van der Waals surface area contributed by atoms with E-state index in [1.807, 2.05) is 45.9 Å². The number of benzene rings is 1. The van der Waals surface area contributed by atoms with Crippen molar-refractivity contribution in [1.29, 1.82) is 0 Å². The van der Waals surface area contributed by atoms with Gasteiger partial charge in [-0.05, 0) is 62.6 Å². The smallest absolute Gasteiger partial charge is 0.225 e. The molecule has 19 heavy (non-hydrogen) atoms. The van der Waals surface area contributed by atoms with Crippen LogP contribution in [-0.2, 0) is 6.61 Å². The van der Waals surface area contributed by atoms with Gasteiger partial charge in [-0.1, -0.05) is 6.07 Å². The van der Waals surface area contributed by atoms with Crippen molar-refractivity contribution in [1.82, 2.24) is 4.98 Å². The first-order valence-corrected chi connectivity index (χ1v) is 6.33. The molecule has 1 aromatic heterocycles. The Kier molecular flexibility index (Phi) is 3.86. The normalized spacial score (nSPS) is 10.6. The molecule has 0 atom stereocenters. The fraction of sp³-hybridized carbons (Fsp3) is 0.312. The van der Waals surface area contributed by atoms with Crippen LogP contribution in [0.5, 0.6) is 11.6 Å². The van der Waals surface area contributed by atoms with E-state index in [9.17, 15) is 5.11 Å². The van der Waals surface area contributed by atoms with E-state index in [4.69, 9.17) is 4.74 Å². The van der Waals surface area contributed by atoms with Gasteiger partial charge in [0.05, 0.1) is 6.61 Å². The summed E-state index contributed by atoms with van der Waals surface area (Å²) in [6.45, 7) is 7.86. The zero-order valence-electron chi connectivity index (χ0n) is 11.8. The minimum atomic E-state index is -0.0702. The van der Waals surface area contributed by atoms with Crippen molar-refractivity contribution in [3.05, 3.63) is 52.2 Å². The fourth-order valence-electron chi connectivity index (χ4n) is 2.21. The van der Waals surface area contributed by atoms with Gasteiger partial charge in [0, 0.05) is 11.3 Å². The summed E-state index contributed by atoms with van der Waals surface area (Å²) in [5.74, 6) is 1.25. The molecule has 2 rings (SSSR count). The topological polar surface area (TPSA) is 42.4 Å². The van der Waals surface area contributed by atoms with Crippen molar-refractivity contribution < 1.29 is 9.84 Å². The molecule has 0 saturated carbocycles. The first kappa shape index (κ1) is 13.6. The number of hydrogen-bond donors (Lipinski definition) is 1. The van der Waals surface area contributed by atoms with E-state index < -0.39 is 0 Å².